The summed E-state index contributed by atoms with van der Waals surface area (Å²) < 4.78 is 3.61. The maximum absolute atomic E-state index is 11.5. The molecule has 1 heterocycles. The van der Waals surface area contributed by atoms with Gasteiger partial charge in [-0.2, -0.15) is 0 Å². The van der Waals surface area contributed by atoms with E-state index in [-0.39, 0.29) is 0 Å². The summed E-state index contributed by atoms with van der Waals surface area (Å²) in [5, 5.41) is 2.61. The first kappa shape index (κ1) is 12.0. The van der Waals surface area contributed by atoms with Gasteiger partial charge in [-0.15, -0.1) is 0 Å². The summed E-state index contributed by atoms with van der Waals surface area (Å²) in [4.78, 5) is 11.5. The van der Waals surface area contributed by atoms with Gasteiger partial charge >= 0.3 is 0 Å². The van der Waals surface area contributed by atoms with Crippen molar-refractivity contribution < 1.29 is 9.53 Å². The Bertz CT molecular complexity index is 391. The Morgan fingerprint density at radius 1 is 1.19 bits per heavy atom. The van der Waals surface area contributed by atoms with Crippen LogP contribution in [0.4, 0.5) is 0 Å². The molecule has 86 valence electrons. The average Bonchev–Trinajstić information content (AvgIpc) is 2.61. The molecule has 0 radical (unpaired) electrons. The van der Waals surface area contributed by atoms with E-state index >= 15 is 0 Å². The first-order valence-corrected chi connectivity index (χ1v) is 5.69. The second-order valence-electron chi connectivity index (χ2n) is 3.36. The lowest BCUT2D eigenvalue weighted by Crippen LogP contribution is -2.34. The molecule has 1 amide bonds. The Morgan fingerprint density at radius 2 is 1.81 bits per heavy atom. The number of hydrogen-bond donors (Lipinski definition) is 1. The SMILES string of the molecule is O=C1N[C@@H](c2ccccc2)O[C@H]1C(Cl)(Cl)Cl. The van der Waals surface area contributed by atoms with E-state index in [2.05, 4.69) is 5.32 Å². The molecule has 0 saturated carbocycles. The topological polar surface area (TPSA) is 38.3 Å². The van der Waals surface area contributed by atoms with Gasteiger partial charge in [0, 0.05) is 5.56 Å². The van der Waals surface area contributed by atoms with Crippen LogP contribution in [0, 0.1) is 0 Å². The first-order chi connectivity index (χ1) is 7.48. The molecule has 0 spiro atoms. The molecule has 2 rings (SSSR count). The van der Waals surface area contributed by atoms with E-state index in [4.69, 9.17) is 39.5 Å². The summed E-state index contributed by atoms with van der Waals surface area (Å²) in [6, 6.07) is 9.20. The van der Waals surface area contributed by atoms with Crippen molar-refractivity contribution in [2.75, 3.05) is 0 Å². The predicted molar refractivity (Wildman–Crippen MR) is 62.5 cm³/mol. The highest BCUT2D eigenvalue weighted by Crippen LogP contribution is 2.37. The number of nitrogens with one attached hydrogen (secondary N) is 1. The van der Waals surface area contributed by atoms with Crippen LogP contribution in [0.25, 0.3) is 0 Å². The Kier molecular flexibility index (Phi) is 3.31. The van der Waals surface area contributed by atoms with Crippen molar-refractivity contribution in [3.8, 4) is 0 Å². The molecule has 16 heavy (non-hydrogen) atoms. The third-order valence-electron chi connectivity index (χ3n) is 2.18. The number of rotatable bonds is 1. The fourth-order valence-electron chi connectivity index (χ4n) is 1.45. The van der Waals surface area contributed by atoms with Crippen molar-refractivity contribution >= 4 is 40.7 Å². The number of halogens is 3. The number of amides is 1. The zero-order chi connectivity index (χ0) is 11.8. The molecule has 3 nitrogen and oxygen atoms in total. The molecular weight excluding hydrogens is 272 g/mol. The molecule has 1 aliphatic rings. The third-order valence-corrected chi connectivity index (χ3v) is 2.78. The largest absolute Gasteiger partial charge is 0.337 e. The van der Waals surface area contributed by atoms with Crippen LogP contribution in [0.1, 0.15) is 11.8 Å². The molecule has 1 aromatic rings. The lowest BCUT2D eigenvalue weighted by molar-refractivity contribution is -0.123. The van der Waals surface area contributed by atoms with Gasteiger partial charge < -0.3 is 10.1 Å². The average molecular weight is 281 g/mol. The normalized spacial score (nSPS) is 25.6. The Labute approximate surface area is 108 Å². The summed E-state index contributed by atoms with van der Waals surface area (Å²) in [5.41, 5.74) is 0.813. The van der Waals surface area contributed by atoms with E-state index in [1.54, 1.807) is 0 Å². The molecule has 1 fully saturated rings. The van der Waals surface area contributed by atoms with Gasteiger partial charge in [0.05, 0.1) is 0 Å². The quantitative estimate of drug-likeness (QED) is 0.803. The van der Waals surface area contributed by atoms with E-state index in [1.165, 1.54) is 0 Å². The maximum atomic E-state index is 11.5. The smallest absolute Gasteiger partial charge is 0.255 e. The van der Waals surface area contributed by atoms with Gasteiger partial charge in [0.15, 0.2) is 12.3 Å². The molecule has 1 saturated heterocycles. The van der Waals surface area contributed by atoms with E-state index in [0.29, 0.717) is 0 Å². The lowest BCUT2D eigenvalue weighted by atomic mass is 10.2. The highest BCUT2D eigenvalue weighted by molar-refractivity contribution is 6.68. The second kappa shape index (κ2) is 4.41. The monoisotopic (exact) mass is 279 g/mol. The molecule has 6 heteroatoms. The molecule has 0 bridgehead atoms. The molecule has 0 aliphatic carbocycles. The van der Waals surface area contributed by atoms with Crippen LogP contribution >= 0.6 is 34.8 Å². The highest BCUT2D eigenvalue weighted by Gasteiger charge is 2.46. The number of carbonyl (C=O) groups excluding carboxylic acids is 1. The van der Waals surface area contributed by atoms with Gasteiger partial charge in [-0.25, -0.2) is 0 Å². The summed E-state index contributed by atoms with van der Waals surface area (Å²) in [7, 11) is 0. The Balaban J connectivity index is 2.16. The summed E-state index contributed by atoms with van der Waals surface area (Å²) in [5.74, 6) is -0.422. The van der Waals surface area contributed by atoms with Crippen molar-refractivity contribution in [3.05, 3.63) is 35.9 Å². The van der Waals surface area contributed by atoms with Gasteiger partial charge in [-0.3, -0.25) is 4.79 Å². The van der Waals surface area contributed by atoms with Crippen LogP contribution in [-0.2, 0) is 9.53 Å². The van der Waals surface area contributed by atoms with Crippen LogP contribution < -0.4 is 5.32 Å². The molecule has 2 atom stereocenters. The van der Waals surface area contributed by atoms with Crippen molar-refractivity contribution in [2.45, 2.75) is 16.1 Å². The standard InChI is InChI=1S/C10H8Cl3NO2/c11-10(12,13)7-8(15)14-9(16-7)6-4-2-1-3-5-6/h1-5,7,9H,(H,14,15)/t7-,9-/m1/s1. The number of carbonyl (C=O) groups is 1. The van der Waals surface area contributed by atoms with Gasteiger partial charge in [-0.05, 0) is 0 Å². The summed E-state index contributed by atoms with van der Waals surface area (Å²) in [6.07, 6.45) is -1.64. The van der Waals surface area contributed by atoms with Crippen LogP contribution in [0.5, 0.6) is 0 Å². The van der Waals surface area contributed by atoms with Gasteiger partial charge in [0.2, 0.25) is 3.79 Å². The van der Waals surface area contributed by atoms with Crippen molar-refractivity contribution in [1.82, 2.24) is 5.32 Å². The van der Waals surface area contributed by atoms with Crippen molar-refractivity contribution in [1.29, 1.82) is 0 Å². The summed E-state index contributed by atoms with van der Waals surface area (Å²) >= 11 is 16.9. The number of ether oxygens (including phenoxy) is 1. The molecular formula is C10H8Cl3NO2. The minimum absolute atomic E-state index is 0.422. The third kappa shape index (κ3) is 2.43. The van der Waals surface area contributed by atoms with Crippen molar-refractivity contribution in [2.24, 2.45) is 0 Å². The van der Waals surface area contributed by atoms with Crippen molar-refractivity contribution in [3.63, 3.8) is 0 Å². The minimum atomic E-state index is -1.76. The van der Waals surface area contributed by atoms with Crippen LogP contribution in [0.2, 0.25) is 0 Å². The zero-order valence-electron chi connectivity index (χ0n) is 7.99. The van der Waals surface area contributed by atoms with Crippen LogP contribution in [0.15, 0.2) is 30.3 Å². The van der Waals surface area contributed by atoms with Gasteiger partial charge in [-0.1, -0.05) is 65.1 Å². The lowest BCUT2D eigenvalue weighted by Gasteiger charge is -2.17. The fourth-order valence-corrected chi connectivity index (χ4v) is 1.90. The molecule has 0 unspecified atom stereocenters. The first-order valence-electron chi connectivity index (χ1n) is 4.56. The number of hydrogen-bond acceptors (Lipinski definition) is 2. The van der Waals surface area contributed by atoms with Gasteiger partial charge in [0.1, 0.15) is 0 Å². The number of alkyl halides is 3. The predicted octanol–water partition coefficient (Wildman–Crippen LogP) is 2.57. The zero-order valence-corrected chi connectivity index (χ0v) is 10.3. The van der Waals surface area contributed by atoms with E-state index in [1.807, 2.05) is 30.3 Å². The van der Waals surface area contributed by atoms with E-state index in [0.717, 1.165) is 5.56 Å². The second-order valence-corrected chi connectivity index (χ2v) is 5.73. The maximum Gasteiger partial charge on any atom is 0.255 e. The minimum Gasteiger partial charge on any atom is -0.337 e. The molecule has 1 aliphatic heterocycles. The highest BCUT2D eigenvalue weighted by atomic mass is 35.6. The van der Waals surface area contributed by atoms with E-state index < -0.39 is 22.0 Å². The van der Waals surface area contributed by atoms with Gasteiger partial charge in [0.25, 0.3) is 5.91 Å². The Hall–Kier alpha value is -0.480. The van der Waals surface area contributed by atoms with Crippen LogP contribution in [0.3, 0.4) is 0 Å². The molecule has 1 aromatic carbocycles. The summed E-state index contributed by atoms with van der Waals surface area (Å²) in [6.45, 7) is 0. The fraction of sp³-hybridized carbons (Fsp3) is 0.300. The molecule has 0 aromatic heterocycles. The Morgan fingerprint density at radius 3 is 2.31 bits per heavy atom. The number of benzene rings is 1. The molecule has 1 N–H and O–H groups in total. The van der Waals surface area contributed by atoms with E-state index in [9.17, 15) is 4.79 Å². The van der Waals surface area contributed by atoms with Crippen LogP contribution in [-0.4, -0.2) is 15.8 Å².